The van der Waals surface area contributed by atoms with Crippen LogP contribution in [0.1, 0.15) is 0 Å². The van der Waals surface area contributed by atoms with Gasteiger partial charge in [0.25, 0.3) is 0 Å². The molecule has 19 heavy (non-hydrogen) atoms. The summed E-state index contributed by atoms with van der Waals surface area (Å²) in [6.07, 6.45) is 0. The van der Waals surface area contributed by atoms with Crippen LogP contribution in [0.25, 0.3) is 0 Å². The smallest absolute Gasteiger partial charge is 0.323 e. The third kappa shape index (κ3) is 3.71. The van der Waals surface area contributed by atoms with Gasteiger partial charge >= 0.3 is 5.97 Å². The number of hydrogen-bond acceptors (Lipinski definition) is 4. The van der Waals surface area contributed by atoms with E-state index in [0.717, 1.165) is 12.3 Å². The average molecular weight is 280 g/mol. The fraction of sp³-hybridized carbons (Fsp3) is 0.385. The molecule has 6 heteroatoms. The van der Waals surface area contributed by atoms with Gasteiger partial charge in [0.1, 0.15) is 6.54 Å². The maximum absolute atomic E-state index is 12.4. The monoisotopic (exact) mass is 280 g/mol. The number of carbonyl (C=O) groups is 2. The summed E-state index contributed by atoms with van der Waals surface area (Å²) < 4.78 is 0. The van der Waals surface area contributed by atoms with Gasteiger partial charge in [0.2, 0.25) is 5.91 Å². The van der Waals surface area contributed by atoms with Gasteiger partial charge in [-0.2, -0.15) is 11.8 Å². The van der Waals surface area contributed by atoms with Crippen LogP contribution in [0.4, 0.5) is 5.69 Å². The number of amides is 1. The SMILES string of the molecule is O=C(O)CN(C(=O)C1CSCCN1)c1ccccc1. The Morgan fingerprint density at radius 2 is 2.11 bits per heavy atom. The molecule has 0 aliphatic carbocycles. The van der Waals surface area contributed by atoms with E-state index in [0.29, 0.717) is 11.4 Å². The number of nitrogens with one attached hydrogen (secondary N) is 1. The average Bonchev–Trinajstić information content (AvgIpc) is 2.46. The summed E-state index contributed by atoms with van der Waals surface area (Å²) in [5.74, 6) is 0.469. The zero-order valence-electron chi connectivity index (χ0n) is 10.4. The molecule has 1 aliphatic heterocycles. The van der Waals surface area contributed by atoms with Crippen molar-refractivity contribution in [2.24, 2.45) is 0 Å². The third-order valence-electron chi connectivity index (χ3n) is 2.85. The molecule has 0 bridgehead atoms. The van der Waals surface area contributed by atoms with Gasteiger partial charge in [-0.15, -0.1) is 0 Å². The first-order valence-corrected chi connectivity index (χ1v) is 7.23. The minimum Gasteiger partial charge on any atom is -0.480 e. The maximum atomic E-state index is 12.4. The number of aliphatic carboxylic acids is 1. The first-order valence-electron chi connectivity index (χ1n) is 6.08. The summed E-state index contributed by atoms with van der Waals surface area (Å²) in [6.45, 7) is 0.461. The molecule has 1 heterocycles. The lowest BCUT2D eigenvalue weighted by atomic mass is 10.2. The Morgan fingerprint density at radius 3 is 2.68 bits per heavy atom. The van der Waals surface area contributed by atoms with E-state index >= 15 is 0 Å². The Kier molecular flexibility index (Phi) is 4.81. The number of anilines is 1. The molecular formula is C13H16N2O3S. The lowest BCUT2D eigenvalue weighted by Gasteiger charge is -2.28. The topological polar surface area (TPSA) is 69.6 Å². The van der Waals surface area contributed by atoms with Crippen LogP contribution >= 0.6 is 11.8 Å². The third-order valence-corrected chi connectivity index (χ3v) is 3.91. The predicted molar refractivity (Wildman–Crippen MR) is 75.5 cm³/mol. The van der Waals surface area contributed by atoms with Crippen LogP contribution in [-0.2, 0) is 9.59 Å². The summed E-state index contributed by atoms with van der Waals surface area (Å²) >= 11 is 1.71. The van der Waals surface area contributed by atoms with Crippen LogP contribution < -0.4 is 10.2 Å². The first kappa shape index (κ1) is 13.9. The number of nitrogens with zero attached hydrogens (tertiary/aromatic N) is 1. The molecule has 5 nitrogen and oxygen atoms in total. The summed E-state index contributed by atoms with van der Waals surface area (Å²) in [4.78, 5) is 24.7. The van der Waals surface area contributed by atoms with Crippen molar-refractivity contribution in [2.75, 3.05) is 29.5 Å². The minimum atomic E-state index is -1.01. The van der Waals surface area contributed by atoms with Crippen molar-refractivity contribution in [3.63, 3.8) is 0 Å². The summed E-state index contributed by atoms with van der Waals surface area (Å²) in [5.41, 5.74) is 0.618. The van der Waals surface area contributed by atoms with E-state index in [-0.39, 0.29) is 18.5 Å². The van der Waals surface area contributed by atoms with Crippen molar-refractivity contribution >= 4 is 29.3 Å². The molecule has 1 aliphatic rings. The van der Waals surface area contributed by atoms with Crippen LogP contribution in [0, 0.1) is 0 Å². The van der Waals surface area contributed by atoms with E-state index in [2.05, 4.69) is 5.32 Å². The standard InChI is InChI=1S/C13H16N2O3S/c16-12(17)8-15(10-4-2-1-3-5-10)13(18)11-9-19-7-6-14-11/h1-5,11,14H,6-9H2,(H,16,17). The highest BCUT2D eigenvalue weighted by Gasteiger charge is 2.28. The number of benzene rings is 1. The molecule has 1 amide bonds. The van der Waals surface area contributed by atoms with Crippen molar-refractivity contribution in [3.8, 4) is 0 Å². The molecule has 1 aromatic rings. The Labute approximate surface area is 116 Å². The fourth-order valence-electron chi connectivity index (χ4n) is 1.95. The van der Waals surface area contributed by atoms with Gasteiger partial charge in [-0.05, 0) is 12.1 Å². The van der Waals surface area contributed by atoms with Crippen molar-refractivity contribution < 1.29 is 14.7 Å². The number of para-hydroxylation sites is 1. The normalized spacial score (nSPS) is 18.8. The van der Waals surface area contributed by atoms with Crippen molar-refractivity contribution in [2.45, 2.75) is 6.04 Å². The van der Waals surface area contributed by atoms with Gasteiger partial charge in [-0.3, -0.25) is 14.5 Å². The van der Waals surface area contributed by atoms with Crippen molar-refractivity contribution in [1.29, 1.82) is 0 Å². The molecule has 1 aromatic carbocycles. The van der Waals surface area contributed by atoms with Crippen LogP contribution in [0.3, 0.4) is 0 Å². The van der Waals surface area contributed by atoms with E-state index in [1.807, 2.05) is 6.07 Å². The summed E-state index contributed by atoms with van der Waals surface area (Å²) in [7, 11) is 0. The Bertz CT molecular complexity index is 446. The van der Waals surface area contributed by atoms with Crippen LogP contribution in [0.15, 0.2) is 30.3 Å². The zero-order chi connectivity index (χ0) is 13.7. The number of carboxylic acid groups (broad SMARTS) is 1. The van der Waals surface area contributed by atoms with Crippen molar-refractivity contribution in [3.05, 3.63) is 30.3 Å². The fourth-order valence-corrected chi connectivity index (χ4v) is 2.88. The van der Waals surface area contributed by atoms with Crippen molar-refractivity contribution in [1.82, 2.24) is 5.32 Å². The van der Waals surface area contributed by atoms with Crippen LogP contribution in [-0.4, -0.2) is 47.6 Å². The molecule has 2 N–H and O–H groups in total. The maximum Gasteiger partial charge on any atom is 0.323 e. The molecular weight excluding hydrogens is 264 g/mol. The predicted octanol–water partition coefficient (Wildman–Crippen LogP) is 0.809. The Hall–Kier alpha value is -1.53. The molecule has 0 radical (unpaired) electrons. The van der Waals surface area contributed by atoms with Gasteiger partial charge in [0.05, 0.1) is 6.04 Å². The molecule has 1 saturated heterocycles. The quantitative estimate of drug-likeness (QED) is 0.854. The van der Waals surface area contributed by atoms with Gasteiger partial charge in [-0.25, -0.2) is 0 Å². The highest BCUT2D eigenvalue weighted by Crippen LogP contribution is 2.17. The number of rotatable bonds is 4. The van der Waals surface area contributed by atoms with E-state index < -0.39 is 5.97 Å². The Morgan fingerprint density at radius 1 is 1.37 bits per heavy atom. The van der Waals surface area contributed by atoms with E-state index in [1.54, 1.807) is 36.0 Å². The van der Waals surface area contributed by atoms with Crippen LogP contribution in [0.5, 0.6) is 0 Å². The first-order chi connectivity index (χ1) is 9.18. The molecule has 0 saturated carbocycles. The summed E-state index contributed by atoms with van der Waals surface area (Å²) in [6, 6.07) is 8.61. The molecule has 1 fully saturated rings. The second-order valence-electron chi connectivity index (χ2n) is 4.24. The Balaban J connectivity index is 2.17. The minimum absolute atomic E-state index is 0.180. The second kappa shape index (κ2) is 6.58. The van der Waals surface area contributed by atoms with Gasteiger partial charge in [0, 0.05) is 23.7 Å². The van der Waals surface area contributed by atoms with Crippen LogP contribution in [0.2, 0.25) is 0 Å². The molecule has 2 rings (SSSR count). The lowest BCUT2D eigenvalue weighted by Crippen LogP contribution is -2.52. The zero-order valence-corrected chi connectivity index (χ0v) is 11.2. The number of hydrogen-bond donors (Lipinski definition) is 2. The molecule has 0 spiro atoms. The number of carbonyl (C=O) groups excluding carboxylic acids is 1. The number of thioether (sulfide) groups is 1. The van der Waals surface area contributed by atoms with E-state index in [4.69, 9.17) is 5.11 Å². The second-order valence-corrected chi connectivity index (χ2v) is 5.39. The van der Waals surface area contributed by atoms with Gasteiger partial charge < -0.3 is 10.4 Å². The number of carboxylic acids is 1. The summed E-state index contributed by atoms with van der Waals surface area (Å²) in [5, 5.41) is 12.1. The highest BCUT2D eigenvalue weighted by atomic mass is 32.2. The van der Waals surface area contributed by atoms with E-state index in [9.17, 15) is 9.59 Å². The molecule has 1 unspecified atom stereocenters. The molecule has 102 valence electrons. The highest BCUT2D eigenvalue weighted by molar-refractivity contribution is 7.99. The van der Waals surface area contributed by atoms with Gasteiger partial charge in [0.15, 0.2) is 0 Å². The van der Waals surface area contributed by atoms with E-state index in [1.165, 1.54) is 4.90 Å². The molecule has 1 atom stereocenters. The molecule has 0 aromatic heterocycles. The lowest BCUT2D eigenvalue weighted by molar-refractivity contribution is -0.136. The largest absolute Gasteiger partial charge is 0.480 e. The van der Waals surface area contributed by atoms with Gasteiger partial charge in [-0.1, -0.05) is 18.2 Å².